The lowest BCUT2D eigenvalue weighted by Crippen LogP contribution is -2.43. The molecule has 86 valence electrons. The van der Waals surface area contributed by atoms with Gasteiger partial charge in [0.15, 0.2) is 0 Å². The van der Waals surface area contributed by atoms with E-state index in [1.165, 1.54) is 0 Å². The zero-order valence-electron chi connectivity index (χ0n) is 10.1. The van der Waals surface area contributed by atoms with Gasteiger partial charge in [-0.05, 0) is 20.8 Å². The van der Waals surface area contributed by atoms with Crippen molar-refractivity contribution in [2.45, 2.75) is 33.7 Å². The largest absolute Gasteiger partial charge is 0.698 e. The monoisotopic (exact) mass is 228 g/mol. The molecule has 0 aliphatic heterocycles. The molecule has 0 unspecified atom stereocenters. The van der Waals surface area contributed by atoms with Crippen molar-refractivity contribution >= 4 is 8.80 Å². The van der Waals surface area contributed by atoms with Crippen molar-refractivity contribution in [3.63, 3.8) is 0 Å². The van der Waals surface area contributed by atoms with Crippen LogP contribution in [-0.4, -0.2) is 8.80 Å². The second-order valence-corrected chi connectivity index (χ2v) is 6.13. The topological polar surface area (TPSA) is 27.7 Å². The van der Waals surface area contributed by atoms with E-state index in [4.69, 9.17) is 13.3 Å². The van der Waals surface area contributed by atoms with E-state index in [1.807, 2.05) is 6.92 Å². The molecule has 0 radical (unpaired) electrons. The zero-order chi connectivity index (χ0) is 12.1. The van der Waals surface area contributed by atoms with E-state index in [0.29, 0.717) is 23.3 Å². The molecule has 0 saturated heterocycles. The van der Waals surface area contributed by atoms with Gasteiger partial charge in [-0.25, -0.2) is 0 Å². The SMILES string of the molecule is C=C(C)O[Si](CC)(OC(=C)C)OC(=C)C. The molecule has 0 heterocycles. The van der Waals surface area contributed by atoms with Gasteiger partial charge in [0.1, 0.15) is 0 Å². The molecule has 0 fully saturated rings. The highest BCUT2D eigenvalue weighted by atomic mass is 28.4. The van der Waals surface area contributed by atoms with Gasteiger partial charge >= 0.3 is 8.80 Å². The third-order valence-electron chi connectivity index (χ3n) is 1.42. The van der Waals surface area contributed by atoms with Gasteiger partial charge in [-0.1, -0.05) is 26.7 Å². The lowest BCUT2D eigenvalue weighted by molar-refractivity contribution is 0.146. The molecule has 0 saturated carbocycles. The smallest absolute Gasteiger partial charge is 0.488 e. The first kappa shape index (κ1) is 13.8. The predicted molar refractivity (Wildman–Crippen MR) is 63.9 cm³/mol. The van der Waals surface area contributed by atoms with Crippen LogP contribution in [0.3, 0.4) is 0 Å². The molecular formula is C11H20O3Si. The first-order valence-electron chi connectivity index (χ1n) is 4.85. The van der Waals surface area contributed by atoms with Gasteiger partial charge in [0.25, 0.3) is 0 Å². The Kier molecular flexibility index (Phi) is 5.21. The Labute approximate surface area is 93.4 Å². The Hall–Kier alpha value is -1.16. The summed E-state index contributed by atoms with van der Waals surface area (Å²) in [4.78, 5) is 0. The molecule has 0 spiro atoms. The minimum atomic E-state index is -2.76. The fourth-order valence-electron chi connectivity index (χ4n) is 1.08. The number of hydrogen-bond donors (Lipinski definition) is 0. The Balaban J connectivity index is 4.81. The molecule has 0 aromatic heterocycles. The molecule has 0 aromatic carbocycles. The van der Waals surface area contributed by atoms with Crippen LogP contribution >= 0.6 is 0 Å². The van der Waals surface area contributed by atoms with E-state index in [0.717, 1.165) is 0 Å². The van der Waals surface area contributed by atoms with Crippen LogP contribution in [-0.2, 0) is 13.3 Å². The molecule has 0 aromatic rings. The summed E-state index contributed by atoms with van der Waals surface area (Å²) in [5, 5.41) is 0. The van der Waals surface area contributed by atoms with E-state index < -0.39 is 8.80 Å². The number of allylic oxidation sites excluding steroid dienone is 3. The van der Waals surface area contributed by atoms with E-state index in [1.54, 1.807) is 20.8 Å². The van der Waals surface area contributed by atoms with Gasteiger partial charge in [-0.3, -0.25) is 0 Å². The fourth-order valence-corrected chi connectivity index (χ4v) is 3.23. The quantitative estimate of drug-likeness (QED) is 0.492. The van der Waals surface area contributed by atoms with Crippen molar-refractivity contribution in [3.8, 4) is 0 Å². The molecule has 4 heteroatoms. The maximum atomic E-state index is 5.59. The summed E-state index contributed by atoms with van der Waals surface area (Å²) in [6.45, 7) is 18.3. The summed E-state index contributed by atoms with van der Waals surface area (Å²) in [5.41, 5.74) is 0. The van der Waals surface area contributed by atoms with E-state index in [2.05, 4.69) is 19.7 Å². The third kappa shape index (κ3) is 5.32. The molecule has 0 aliphatic rings. The summed E-state index contributed by atoms with van der Waals surface area (Å²) in [7, 11) is -2.76. The van der Waals surface area contributed by atoms with Gasteiger partial charge in [-0.2, -0.15) is 0 Å². The maximum absolute atomic E-state index is 5.59. The van der Waals surface area contributed by atoms with Crippen LogP contribution < -0.4 is 0 Å². The Bertz CT molecular complexity index is 230. The molecule has 0 rings (SSSR count). The van der Waals surface area contributed by atoms with Gasteiger partial charge in [0.05, 0.1) is 23.3 Å². The highest BCUT2D eigenvalue weighted by molar-refractivity contribution is 6.61. The minimum Gasteiger partial charge on any atom is -0.488 e. The van der Waals surface area contributed by atoms with Gasteiger partial charge in [0, 0.05) is 0 Å². The normalized spacial score (nSPS) is 10.4. The van der Waals surface area contributed by atoms with Crippen molar-refractivity contribution in [1.82, 2.24) is 0 Å². The van der Waals surface area contributed by atoms with Gasteiger partial charge in [-0.15, -0.1) is 0 Å². The Morgan fingerprint density at radius 2 is 1.13 bits per heavy atom. The molecule has 0 atom stereocenters. The van der Waals surface area contributed by atoms with Crippen LogP contribution in [0, 0.1) is 0 Å². The molecule has 0 amide bonds. The average molecular weight is 228 g/mol. The minimum absolute atomic E-state index is 0.575. The molecule has 0 aliphatic carbocycles. The van der Waals surface area contributed by atoms with E-state index >= 15 is 0 Å². The summed E-state index contributed by atoms with van der Waals surface area (Å²) < 4.78 is 16.8. The summed E-state index contributed by atoms with van der Waals surface area (Å²) in [6.07, 6.45) is 0. The Morgan fingerprint density at radius 1 is 0.867 bits per heavy atom. The van der Waals surface area contributed by atoms with Crippen LogP contribution in [0.1, 0.15) is 27.7 Å². The predicted octanol–water partition coefficient (Wildman–Crippen LogP) is 3.60. The first-order chi connectivity index (χ1) is 6.81. The fraction of sp³-hybridized carbons (Fsp3) is 0.455. The van der Waals surface area contributed by atoms with Crippen molar-refractivity contribution in [1.29, 1.82) is 0 Å². The maximum Gasteiger partial charge on any atom is 0.698 e. The van der Waals surface area contributed by atoms with Crippen molar-refractivity contribution in [3.05, 3.63) is 37.0 Å². The van der Waals surface area contributed by atoms with Crippen molar-refractivity contribution < 1.29 is 13.3 Å². The molecular weight excluding hydrogens is 208 g/mol. The van der Waals surface area contributed by atoms with E-state index in [9.17, 15) is 0 Å². The standard InChI is InChI=1S/C11H20O3Si/c1-8-15(12-9(2)3,13-10(4)5)14-11(6)7/h2,4,6,8H2,1,3,5,7H3. The Morgan fingerprint density at radius 3 is 1.27 bits per heavy atom. The van der Waals surface area contributed by atoms with E-state index in [-0.39, 0.29) is 0 Å². The number of hydrogen-bond acceptors (Lipinski definition) is 3. The van der Waals surface area contributed by atoms with Crippen molar-refractivity contribution in [2.75, 3.05) is 0 Å². The first-order valence-corrected chi connectivity index (χ1v) is 6.78. The average Bonchev–Trinajstić information content (AvgIpc) is 1.99. The van der Waals surface area contributed by atoms with Crippen LogP contribution in [0.2, 0.25) is 6.04 Å². The highest BCUT2D eigenvalue weighted by Gasteiger charge is 2.46. The van der Waals surface area contributed by atoms with Crippen LogP contribution in [0.15, 0.2) is 37.0 Å². The van der Waals surface area contributed by atoms with Crippen LogP contribution in [0.4, 0.5) is 0 Å². The third-order valence-corrected chi connectivity index (χ3v) is 4.27. The second-order valence-electron chi connectivity index (χ2n) is 3.45. The second kappa shape index (κ2) is 5.65. The number of rotatable bonds is 7. The van der Waals surface area contributed by atoms with Crippen molar-refractivity contribution in [2.24, 2.45) is 0 Å². The molecule has 15 heavy (non-hydrogen) atoms. The molecule has 3 nitrogen and oxygen atoms in total. The molecule has 0 N–H and O–H groups in total. The van der Waals surface area contributed by atoms with Gasteiger partial charge in [0.2, 0.25) is 0 Å². The van der Waals surface area contributed by atoms with Gasteiger partial charge < -0.3 is 13.3 Å². The molecule has 0 bridgehead atoms. The highest BCUT2D eigenvalue weighted by Crippen LogP contribution is 2.23. The lowest BCUT2D eigenvalue weighted by atomic mass is 10.7. The summed E-state index contributed by atoms with van der Waals surface area (Å²) in [6, 6.07) is 0.638. The zero-order valence-corrected chi connectivity index (χ0v) is 11.1. The summed E-state index contributed by atoms with van der Waals surface area (Å²) in [5.74, 6) is 1.73. The van der Waals surface area contributed by atoms with Crippen LogP contribution in [0.5, 0.6) is 0 Å². The summed E-state index contributed by atoms with van der Waals surface area (Å²) >= 11 is 0. The van der Waals surface area contributed by atoms with Crippen LogP contribution in [0.25, 0.3) is 0 Å². The lowest BCUT2D eigenvalue weighted by Gasteiger charge is -2.29.